The molecule has 1 aliphatic carbocycles. The Morgan fingerprint density at radius 3 is 2.58 bits per heavy atom. The summed E-state index contributed by atoms with van der Waals surface area (Å²) in [6, 6.07) is 5.83. The van der Waals surface area contributed by atoms with E-state index in [1.807, 2.05) is 18.2 Å². The number of hydrogen-bond acceptors (Lipinski definition) is 2. The molecule has 1 fully saturated rings. The van der Waals surface area contributed by atoms with E-state index < -0.39 is 0 Å². The van der Waals surface area contributed by atoms with E-state index >= 15 is 0 Å². The minimum absolute atomic E-state index is 0.00523. The molecule has 0 saturated heterocycles. The molecule has 3 heteroatoms. The first-order valence-corrected chi connectivity index (χ1v) is 7.54. The van der Waals surface area contributed by atoms with Crippen LogP contribution in [-0.2, 0) is 0 Å². The Labute approximate surface area is 121 Å². The third kappa shape index (κ3) is 3.79. The van der Waals surface area contributed by atoms with E-state index in [1.165, 1.54) is 32.1 Å². The van der Waals surface area contributed by atoms with Gasteiger partial charge in [0.25, 0.3) is 0 Å². The fraction of sp³-hybridized carbons (Fsp3) is 0.625. The number of ether oxygens (including phenoxy) is 2. The smallest absolute Gasteiger partial charge is 0.123 e. The van der Waals surface area contributed by atoms with E-state index in [4.69, 9.17) is 21.1 Å². The van der Waals surface area contributed by atoms with Crippen LogP contribution in [0.3, 0.4) is 0 Å². The van der Waals surface area contributed by atoms with Crippen molar-refractivity contribution in [2.45, 2.75) is 43.9 Å². The van der Waals surface area contributed by atoms with Crippen molar-refractivity contribution in [2.75, 3.05) is 14.2 Å². The van der Waals surface area contributed by atoms with E-state index in [0.29, 0.717) is 0 Å². The van der Waals surface area contributed by atoms with Crippen LogP contribution in [0.1, 0.15) is 49.5 Å². The molecule has 2 rings (SSSR count). The van der Waals surface area contributed by atoms with Gasteiger partial charge in [-0.1, -0.05) is 25.7 Å². The maximum atomic E-state index is 6.56. The maximum Gasteiger partial charge on any atom is 0.123 e. The summed E-state index contributed by atoms with van der Waals surface area (Å²) in [7, 11) is 3.36. The zero-order valence-electron chi connectivity index (χ0n) is 11.8. The molecule has 0 spiro atoms. The molecule has 0 bridgehead atoms. The van der Waals surface area contributed by atoms with E-state index in [9.17, 15) is 0 Å². The molecule has 0 aliphatic heterocycles. The Morgan fingerprint density at radius 2 is 1.95 bits per heavy atom. The highest BCUT2D eigenvalue weighted by Crippen LogP contribution is 2.38. The van der Waals surface area contributed by atoms with Gasteiger partial charge in [-0.25, -0.2) is 0 Å². The average molecular weight is 283 g/mol. The monoisotopic (exact) mass is 282 g/mol. The largest absolute Gasteiger partial charge is 0.497 e. The number of methoxy groups -OCH3 is 2. The molecule has 1 unspecified atom stereocenters. The van der Waals surface area contributed by atoms with Gasteiger partial charge in [-0.05, 0) is 37.0 Å². The summed E-state index contributed by atoms with van der Waals surface area (Å²) < 4.78 is 10.7. The van der Waals surface area contributed by atoms with Crippen LogP contribution in [0, 0.1) is 5.92 Å². The average Bonchev–Trinajstić information content (AvgIpc) is 2.97. The van der Waals surface area contributed by atoms with E-state index in [0.717, 1.165) is 29.4 Å². The summed E-state index contributed by atoms with van der Waals surface area (Å²) in [5.74, 6) is 2.56. The van der Waals surface area contributed by atoms with Gasteiger partial charge in [0.15, 0.2) is 0 Å². The molecule has 1 saturated carbocycles. The zero-order valence-corrected chi connectivity index (χ0v) is 12.6. The summed E-state index contributed by atoms with van der Waals surface area (Å²) >= 11 is 6.56. The minimum atomic E-state index is 0.00523. The summed E-state index contributed by atoms with van der Waals surface area (Å²) in [5, 5.41) is 0.00523. The minimum Gasteiger partial charge on any atom is -0.497 e. The highest BCUT2D eigenvalue weighted by atomic mass is 35.5. The van der Waals surface area contributed by atoms with Crippen LogP contribution in [0.2, 0.25) is 0 Å². The van der Waals surface area contributed by atoms with Crippen molar-refractivity contribution < 1.29 is 9.47 Å². The molecule has 0 amide bonds. The number of hydrogen-bond donors (Lipinski definition) is 0. The van der Waals surface area contributed by atoms with Crippen LogP contribution in [-0.4, -0.2) is 14.2 Å². The van der Waals surface area contributed by atoms with Gasteiger partial charge in [-0.3, -0.25) is 0 Å². The number of alkyl halides is 1. The Balaban J connectivity index is 2.01. The quantitative estimate of drug-likeness (QED) is 0.687. The Hall–Kier alpha value is -0.890. The van der Waals surface area contributed by atoms with E-state index in [2.05, 4.69) is 0 Å². The van der Waals surface area contributed by atoms with Crippen molar-refractivity contribution in [2.24, 2.45) is 5.92 Å². The molecule has 0 heterocycles. The summed E-state index contributed by atoms with van der Waals surface area (Å²) in [4.78, 5) is 0. The molecule has 106 valence electrons. The van der Waals surface area contributed by atoms with Crippen LogP contribution in [0.4, 0.5) is 0 Å². The first kappa shape index (κ1) is 14.5. The van der Waals surface area contributed by atoms with Gasteiger partial charge >= 0.3 is 0 Å². The van der Waals surface area contributed by atoms with Crippen molar-refractivity contribution in [1.82, 2.24) is 0 Å². The highest BCUT2D eigenvalue weighted by molar-refractivity contribution is 6.21. The van der Waals surface area contributed by atoms with Gasteiger partial charge in [-0.2, -0.15) is 0 Å². The SMILES string of the molecule is COc1ccc(OC)c(C(Cl)CCC2CCCC2)c1. The molecule has 2 nitrogen and oxygen atoms in total. The van der Waals surface area contributed by atoms with Crippen molar-refractivity contribution in [3.8, 4) is 11.5 Å². The lowest BCUT2D eigenvalue weighted by Crippen LogP contribution is -2.00. The van der Waals surface area contributed by atoms with E-state index in [-0.39, 0.29) is 5.38 Å². The molecular formula is C16H23ClO2. The molecule has 19 heavy (non-hydrogen) atoms. The Morgan fingerprint density at radius 1 is 1.21 bits per heavy atom. The molecule has 0 aromatic heterocycles. The van der Waals surface area contributed by atoms with Crippen LogP contribution in [0.5, 0.6) is 11.5 Å². The van der Waals surface area contributed by atoms with Gasteiger partial charge in [0.05, 0.1) is 19.6 Å². The second-order valence-electron chi connectivity index (χ2n) is 5.30. The lowest BCUT2D eigenvalue weighted by atomic mass is 9.97. The maximum absolute atomic E-state index is 6.56. The van der Waals surface area contributed by atoms with Crippen molar-refractivity contribution in [1.29, 1.82) is 0 Å². The van der Waals surface area contributed by atoms with Crippen molar-refractivity contribution in [3.05, 3.63) is 23.8 Å². The molecule has 1 atom stereocenters. The number of rotatable bonds is 6. The van der Waals surface area contributed by atoms with Gasteiger partial charge in [0, 0.05) is 5.56 Å². The third-order valence-corrected chi connectivity index (χ3v) is 4.53. The van der Waals surface area contributed by atoms with Crippen molar-refractivity contribution >= 4 is 11.6 Å². The summed E-state index contributed by atoms with van der Waals surface area (Å²) in [6.45, 7) is 0. The normalized spacial score (nSPS) is 17.4. The van der Waals surface area contributed by atoms with Gasteiger partial charge < -0.3 is 9.47 Å². The molecule has 1 aliphatic rings. The number of halogens is 1. The van der Waals surface area contributed by atoms with Crippen LogP contribution in [0.25, 0.3) is 0 Å². The lowest BCUT2D eigenvalue weighted by Gasteiger charge is -2.17. The lowest BCUT2D eigenvalue weighted by molar-refractivity contribution is 0.395. The Kier molecular flexibility index (Phi) is 5.38. The summed E-state index contributed by atoms with van der Waals surface area (Å²) in [6.07, 6.45) is 7.75. The fourth-order valence-electron chi connectivity index (χ4n) is 2.92. The molecular weight excluding hydrogens is 260 g/mol. The second kappa shape index (κ2) is 7.04. The van der Waals surface area contributed by atoms with Crippen LogP contribution in [0.15, 0.2) is 18.2 Å². The second-order valence-corrected chi connectivity index (χ2v) is 5.83. The summed E-state index contributed by atoms with van der Waals surface area (Å²) in [5.41, 5.74) is 1.04. The predicted octanol–water partition coefficient (Wildman–Crippen LogP) is 4.95. The molecule has 0 radical (unpaired) electrons. The van der Waals surface area contributed by atoms with Gasteiger partial charge in [-0.15, -0.1) is 11.6 Å². The molecule has 1 aromatic rings. The molecule has 0 N–H and O–H groups in total. The van der Waals surface area contributed by atoms with Crippen LogP contribution < -0.4 is 9.47 Å². The third-order valence-electron chi connectivity index (χ3n) is 4.08. The van der Waals surface area contributed by atoms with Crippen LogP contribution >= 0.6 is 11.6 Å². The topological polar surface area (TPSA) is 18.5 Å². The first-order chi connectivity index (χ1) is 9.24. The van der Waals surface area contributed by atoms with Crippen molar-refractivity contribution in [3.63, 3.8) is 0 Å². The first-order valence-electron chi connectivity index (χ1n) is 7.10. The standard InChI is InChI=1S/C16H23ClO2/c1-18-13-8-10-16(19-2)14(11-13)15(17)9-7-12-5-3-4-6-12/h8,10-12,15H,3-7,9H2,1-2H3. The molecule has 1 aromatic carbocycles. The zero-order chi connectivity index (χ0) is 13.7. The predicted molar refractivity (Wildman–Crippen MR) is 79.3 cm³/mol. The Bertz CT molecular complexity index is 400. The number of benzene rings is 1. The fourth-order valence-corrected chi connectivity index (χ4v) is 3.22. The van der Waals surface area contributed by atoms with Gasteiger partial charge in [0.1, 0.15) is 11.5 Å². The van der Waals surface area contributed by atoms with E-state index in [1.54, 1.807) is 14.2 Å². The van der Waals surface area contributed by atoms with Gasteiger partial charge in [0.2, 0.25) is 0 Å². The highest BCUT2D eigenvalue weighted by Gasteiger charge is 2.19.